The molecule has 0 saturated heterocycles. The van der Waals surface area contributed by atoms with Gasteiger partial charge in [-0.25, -0.2) is 5.26 Å². The summed E-state index contributed by atoms with van der Waals surface area (Å²) in [7, 11) is 0. The first-order valence-corrected chi connectivity index (χ1v) is 3.55. The van der Waals surface area contributed by atoms with Gasteiger partial charge in [-0.3, -0.25) is 4.98 Å². The van der Waals surface area contributed by atoms with Gasteiger partial charge in [0.05, 0.1) is 5.69 Å². The van der Waals surface area contributed by atoms with E-state index < -0.39 is 0 Å². The first-order chi connectivity index (χ1) is 5.27. The van der Waals surface area contributed by atoms with Gasteiger partial charge < -0.3 is 4.89 Å². The van der Waals surface area contributed by atoms with Crippen LogP contribution in [0.15, 0.2) is 12.3 Å². The van der Waals surface area contributed by atoms with Crippen LogP contribution >= 0.6 is 0 Å². The average molecular weight is 153 g/mol. The molecule has 60 valence electrons. The molecule has 11 heavy (non-hydrogen) atoms. The molecular weight excluding hydrogens is 142 g/mol. The molecular formula is C8H11NO2. The zero-order valence-corrected chi connectivity index (χ0v) is 6.66. The second-order valence-corrected chi connectivity index (χ2v) is 2.40. The molecule has 3 nitrogen and oxygen atoms in total. The fourth-order valence-corrected chi connectivity index (χ4v) is 0.915. The van der Waals surface area contributed by atoms with Crippen LogP contribution in [0.2, 0.25) is 0 Å². The van der Waals surface area contributed by atoms with Gasteiger partial charge >= 0.3 is 0 Å². The summed E-state index contributed by atoms with van der Waals surface area (Å²) in [5.74, 6) is 0.451. The third kappa shape index (κ3) is 1.68. The zero-order valence-electron chi connectivity index (χ0n) is 6.66. The maximum atomic E-state index is 8.43. The predicted octanol–water partition coefficient (Wildman–Crippen LogP) is 1.80. The number of rotatable bonds is 2. The molecule has 1 aromatic rings. The van der Waals surface area contributed by atoms with E-state index in [2.05, 4.69) is 9.87 Å². The molecule has 3 heteroatoms. The summed E-state index contributed by atoms with van der Waals surface area (Å²) >= 11 is 0. The molecule has 0 aromatic carbocycles. The second kappa shape index (κ2) is 3.34. The molecule has 0 saturated carbocycles. The van der Waals surface area contributed by atoms with Gasteiger partial charge in [0.2, 0.25) is 0 Å². The largest absolute Gasteiger partial charge is 0.338 e. The van der Waals surface area contributed by atoms with Crippen molar-refractivity contribution in [1.82, 2.24) is 4.98 Å². The minimum atomic E-state index is 0.451. The predicted molar refractivity (Wildman–Crippen MR) is 41.6 cm³/mol. The summed E-state index contributed by atoms with van der Waals surface area (Å²) in [5, 5.41) is 8.43. The quantitative estimate of drug-likeness (QED) is 0.520. The summed E-state index contributed by atoms with van der Waals surface area (Å²) in [6.45, 7) is 3.86. The molecule has 0 amide bonds. The van der Waals surface area contributed by atoms with Crippen molar-refractivity contribution in [2.24, 2.45) is 0 Å². The lowest BCUT2D eigenvalue weighted by Gasteiger charge is -2.02. The molecule has 1 N–H and O–H groups in total. The molecule has 0 spiro atoms. The standard InChI is InChI=1S/C8H11NO2/c1-3-7-8(11-10)4-6(2)5-9-7/h4-5,10H,3H2,1-2H3. The van der Waals surface area contributed by atoms with E-state index in [0.29, 0.717) is 5.75 Å². The number of pyridine rings is 1. The Bertz CT molecular complexity index is 248. The third-order valence-electron chi connectivity index (χ3n) is 1.50. The van der Waals surface area contributed by atoms with E-state index in [9.17, 15) is 0 Å². The molecule has 1 aromatic heterocycles. The Morgan fingerprint density at radius 1 is 1.64 bits per heavy atom. The highest BCUT2D eigenvalue weighted by molar-refractivity contribution is 5.30. The van der Waals surface area contributed by atoms with E-state index in [4.69, 9.17) is 5.26 Å². The highest BCUT2D eigenvalue weighted by Crippen LogP contribution is 2.16. The van der Waals surface area contributed by atoms with Crippen molar-refractivity contribution in [2.45, 2.75) is 20.3 Å². The maximum absolute atomic E-state index is 8.43. The number of nitrogens with zero attached hydrogens (tertiary/aromatic N) is 1. The summed E-state index contributed by atoms with van der Waals surface area (Å²) in [6.07, 6.45) is 2.51. The van der Waals surface area contributed by atoms with Crippen LogP contribution in [0.3, 0.4) is 0 Å². The molecule has 0 aliphatic heterocycles. The molecule has 1 rings (SSSR count). The second-order valence-electron chi connectivity index (χ2n) is 2.40. The van der Waals surface area contributed by atoms with E-state index in [0.717, 1.165) is 17.7 Å². The van der Waals surface area contributed by atoms with Gasteiger partial charge in [0.15, 0.2) is 5.75 Å². The van der Waals surface area contributed by atoms with Crippen molar-refractivity contribution in [3.63, 3.8) is 0 Å². The van der Waals surface area contributed by atoms with E-state index in [1.54, 1.807) is 12.3 Å². The van der Waals surface area contributed by atoms with Crippen molar-refractivity contribution in [2.75, 3.05) is 0 Å². The SMILES string of the molecule is CCc1ncc(C)cc1OO. The normalized spacial score (nSPS) is 9.73. The van der Waals surface area contributed by atoms with Crippen LogP contribution in [0.4, 0.5) is 0 Å². The Labute approximate surface area is 65.6 Å². The summed E-state index contributed by atoms with van der Waals surface area (Å²) < 4.78 is 0. The van der Waals surface area contributed by atoms with Crippen molar-refractivity contribution >= 4 is 0 Å². The Morgan fingerprint density at radius 3 is 2.91 bits per heavy atom. The van der Waals surface area contributed by atoms with Gasteiger partial charge in [0.25, 0.3) is 0 Å². The first-order valence-electron chi connectivity index (χ1n) is 3.55. The van der Waals surface area contributed by atoms with Crippen LogP contribution in [0.1, 0.15) is 18.2 Å². The molecule has 1 heterocycles. The third-order valence-corrected chi connectivity index (χ3v) is 1.50. The molecule has 0 unspecified atom stereocenters. The van der Waals surface area contributed by atoms with Gasteiger partial charge in [-0.1, -0.05) is 6.92 Å². The number of hydrogen-bond acceptors (Lipinski definition) is 3. The Morgan fingerprint density at radius 2 is 2.36 bits per heavy atom. The number of hydrogen-bond donors (Lipinski definition) is 1. The number of aryl methyl sites for hydroxylation is 2. The van der Waals surface area contributed by atoms with Gasteiger partial charge in [0.1, 0.15) is 0 Å². The highest BCUT2D eigenvalue weighted by atomic mass is 17.1. The maximum Gasteiger partial charge on any atom is 0.186 e. The topological polar surface area (TPSA) is 42.4 Å². The van der Waals surface area contributed by atoms with Crippen LogP contribution in [-0.2, 0) is 6.42 Å². The highest BCUT2D eigenvalue weighted by Gasteiger charge is 2.02. The zero-order chi connectivity index (χ0) is 8.27. The van der Waals surface area contributed by atoms with E-state index in [1.807, 2.05) is 13.8 Å². The van der Waals surface area contributed by atoms with Crippen LogP contribution < -0.4 is 4.89 Å². The lowest BCUT2D eigenvalue weighted by atomic mass is 10.2. The molecule has 0 fully saturated rings. The van der Waals surface area contributed by atoms with Gasteiger partial charge in [-0.15, -0.1) is 0 Å². The fraction of sp³-hybridized carbons (Fsp3) is 0.375. The van der Waals surface area contributed by atoms with Crippen molar-refractivity contribution in [1.29, 1.82) is 0 Å². The Balaban J connectivity index is 3.06. The lowest BCUT2D eigenvalue weighted by molar-refractivity contribution is -0.138. The summed E-state index contributed by atoms with van der Waals surface area (Å²) in [5.41, 5.74) is 1.75. The minimum absolute atomic E-state index is 0.451. The molecule has 0 aliphatic carbocycles. The van der Waals surface area contributed by atoms with Gasteiger partial charge in [-0.2, -0.15) is 0 Å². The van der Waals surface area contributed by atoms with Crippen LogP contribution in [0.25, 0.3) is 0 Å². The summed E-state index contributed by atoms with van der Waals surface area (Å²) in [4.78, 5) is 8.24. The van der Waals surface area contributed by atoms with Crippen molar-refractivity contribution in [3.05, 3.63) is 23.5 Å². The van der Waals surface area contributed by atoms with Crippen molar-refractivity contribution in [3.8, 4) is 5.75 Å². The van der Waals surface area contributed by atoms with E-state index in [-0.39, 0.29) is 0 Å². The van der Waals surface area contributed by atoms with Gasteiger partial charge in [-0.05, 0) is 25.0 Å². The van der Waals surface area contributed by atoms with Crippen LogP contribution in [-0.4, -0.2) is 10.2 Å². The average Bonchev–Trinajstić information content (AvgIpc) is 2.04. The van der Waals surface area contributed by atoms with Gasteiger partial charge in [0, 0.05) is 6.20 Å². The van der Waals surface area contributed by atoms with E-state index >= 15 is 0 Å². The smallest absolute Gasteiger partial charge is 0.186 e. The Hall–Kier alpha value is -1.09. The Kier molecular flexibility index (Phi) is 2.44. The lowest BCUT2D eigenvalue weighted by Crippen LogP contribution is -1.94. The van der Waals surface area contributed by atoms with Crippen LogP contribution in [0.5, 0.6) is 5.75 Å². The summed E-state index contributed by atoms with van der Waals surface area (Å²) in [6, 6.07) is 1.76. The van der Waals surface area contributed by atoms with E-state index in [1.165, 1.54) is 0 Å². The molecule has 0 bridgehead atoms. The van der Waals surface area contributed by atoms with Crippen molar-refractivity contribution < 1.29 is 10.1 Å². The first kappa shape index (κ1) is 8.01. The molecule has 0 aliphatic rings. The molecule has 0 radical (unpaired) electrons. The fourth-order valence-electron chi connectivity index (χ4n) is 0.915. The van der Waals surface area contributed by atoms with Crippen LogP contribution in [0, 0.1) is 6.92 Å². The molecule has 0 atom stereocenters. The number of aromatic nitrogens is 1. The minimum Gasteiger partial charge on any atom is -0.338 e. The monoisotopic (exact) mass is 153 g/mol.